The Hall–Kier alpha value is -1.75. The topological polar surface area (TPSA) is 24.9 Å². The molecule has 2 heterocycles. The number of aromatic nitrogens is 1. The summed E-state index contributed by atoms with van der Waals surface area (Å²) in [6.45, 7) is 0. The van der Waals surface area contributed by atoms with Crippen LogP contribution in [0.4, 0.5) is 24.7 Å². The molecule has 0 saturated heterocycles. The van der Waals surface area contributed by atoms with Gasteiger partial charge in [0.05, 0.1) is 0 Å². The van der Waals surface area contributed by atoms with Gasteiger partial charge in [0, 0.05) is 22.5 Å². The van der Waals surface area contributed by atoms with E-state index in [1.807, 2.05) is 0 Å². The van der Waals surface area contributed by atoms with Crippen molar-refractivity contribution in [2.24, 2.45) is 5.92 Å². The first-order chi connectivity index (χ1) is 11.4. The predicted molar refractivity (Wildman–Crippen MR) is 87.8 cm³/mol. The number of nitrogens with one attached hydrogen (secondary N) is 1. The zero-order valence-electron chi connectivity index (χ0n) is 12.8. The second-order valence-corrected chi connectivity index (χ2v) is 7.04. The highest BCUT2D eigenvalue weighted by Crippen LogP contribution is 2.57. The van der Waals surface area contributed by atoms with E-state index in [9.17, 15) is 13.2 Å². The molecule has 1 fully saturated rings. The van der Waals surface area contributed by atoms with E-state index in [4.69, 9.17) is 11.6 Å². The smallest absolute Gasteiger partial charge is 0.340 e. The van der Waals surface area contributed by atoms with Gasteiger partial charge in [-0.05, 0) is 48.6 Å². The van der Waals surface area contributed by atoms with Gasteiger partial charge < -0.3 is 5.32 Å². The Morgan fingerprint density at radius 2 is 2.00 bits per heavy atom. The summed E-state index contributed by atoms with van der Waals surface area (Å²) in [5.74, 6) is 0.683. The maximum atomic E-state index is 14.5. The number of hydrogen-bond acceptors (Lipinski definition) is 2. The van der Waals surface area contributed by atoms with E-state index in [-0.39, 0.29) is 23.4 Å². The number of anilines is 2. The van der Waals surface area contributed by atoms with Gasteiger partial charge in [0.2, 0.25) is 0 Å². The predicted octanol–water partition coefficient (Wildman–Crippen LogP) is 5.83. The average molecular weight is 353 g/mol. The van der Waals surface area contributed by atoms with Crippen molar-refractivity contribution in [2.75, 3.05) is 5.32 Å². The standard InChI is InChI=1S/C18H16ClF3N2/c19-12-5-6-15-14(10-12)17(18(20,21)22,8-7-11-3-4-11)13-2-1-9-23-16(13)24-15/h1-2,5-6,9-11H,3-4,7-8H2,(H,23,24)/t17-/m0/s1. The fourth-order valence-electron chi connectivity index (χ4n) is 3.64. The van der Waals surface area contributed by atoms with Gasteiger partial charge in [-0.25, -0.2) is 4.98 Å². The Labute approximate surface area is 143 Å². The van der Waals surface area contributed by atoms with Crippen molar-refractivity contribution in [1.82, 2.24) is 4.98 Å². The molecule has 0 amide bonds. The molecule has 1 saturated carbocycles. The number of hydrogen-bond donors (Lipinski definition) is 1. The number of halogens is 4. The summed E-state index contributed by atoms with van der Waals surface area (Å²) in [4.78, 5) is 4.15. The first-order valence-corrected chi connectivity index (χ1v) is 8.39. The molecule has 4 rings (SSSR count). The summed E-state index contributed by atoms with van der Waals surface area (Å²) in [5, 5.41) is 3.34. The molecule has 2 aromatic rings. The van der Waals surface area contributed by atoms with Crippen LogP contribution in [0.5, 0.6) is 0 Å². The number of alkyl halides is 3. The molecule has 24 heavy (non-hydrogen) atoms. The molecule has 0 spiro atoms. The molecule has 0 radical (unpaired) electrons. The van der Waals surface area contributed by atoms with E-state index in [1.165, 1.54) is 18.3 Å². The Morgan fingerprint density at radius 3 is 2.71 bits per heavy atom. The van der Waals surface area contributed by atoms with E-state index in [0.717, 1.165) is 12.8 Å². The lowest BCUT2D eigenvalue weighted by Crippen LogP contribution is -2.46. The molecular weight excluding hydrogens is 337 g/mol. The Kier molecular flexibility index (Phi) is 3.53. The second-order valence-electron chi connectivity index (χ2n) is 6.60. The van der Waals surface area contributed by atoms with Gasteiger partial charge >= 0.3 is 6.18 Å². The Bertz CT molecular complexity index is 786. The summed E-state index contributed by atoms with van der Waals surface area (Å²) in [6.07, 6.45) is -0.298. The first-order valence-electron chi connectivity index (χ1n) is 8.01. The van der Waals surface area contributed by atoms with Crippen molar-refractivity contribution < 1.29 is 13.2 Å². The maximum absolute atomic E-state index is 14.5. The zero-order valence-corrected chi connectivity index (χ0v) is 13.6. The van der Waals surface area contributed by atoms with Crippen LogP contribution in [0, 0.1) is 5.92 Å². The lowest BCUT2D eigenvalue weighted by atomic mass is 9.68. The number of rotatable bonds is 3. The molecule has 1 aliphatic heterocycles. The van der Waals surface area contributed by atoms with Crippen molar-refractivity contribution in [3.05, 3.63) is 52.7 Å². The normalized spacial score (nSPS) is 22.5. The molecule has 1 aromatic heterocycles. The SMILES string of the molecule is FC(F)(F)[C@]1(CCC2CC2)c2cc(Cl)ccc2Nc2ncccc21. The molecule has 1 aliphatic carbocycles. The summed E-state index contributed by atoms with van der Waals surface area (Å²) in [7, 11) is 0. The molecule has 0 bridgehead atoms. The van der Waals surface area contributed by atoms with Gasteiger partial charge in [0.1, 0.15) is 11.2 Å². The van der Waals surface area contributed by atoms with Crippen LogP contribution in [0.2, 0.25) is 5.02 Å². The van der Waals surface area contributed by atoms with Crippen LogP contribution in [-0.2, 0) is 5.41 Å². The maximum Gasteiger partial charge on any atom is 0.402 e. The van der Waals surface area contributed by atoms with Gasteiger partial charge in [0.25, 0.3) is 0 Å². The van der Waals surface area contributed by atoms with Crippen molar-refractivity contribution in [3.63, 3.8) is 0 Å². The van der Waals surface area contributed by atoms with Gasteiger partial charge in [0.15, 0.2) is 0 Å². The van der Waals surface area contributed by atoms with Crippen LogP contribution < -0.4 is 5.32 Å². The number of fused-ring (bicyclic) bond motifs is 2. The molecule has 1 N–H and O–H groups in total. The van der Waals surface area contributed by atoms with Crippen LogP contribution in [0.3, 0.4) is 0 Å². The van der Waals surface area contributed by atoms with Gasteiger partial charge in [-0.1, -0.05) is 30.5 Å². The Balaban J connectivity index is 1.96. The highest BCUT2D eigenvalue weighted by atomic mass is 35.5. The van der Waals surface area contributed by atoms with Crippen LogP contribution in [0.25, 0.3) is 0 Å². The van der Waals surface area contributed by atoms with Crippen molar-refractivity contribution in [1.29, 1.82) is 0 Å². The zero-order chi connectivity index (χ0) is 16.9. The second kappa shape index (κ2) is 5.38. The molecule has 2 nitrogen and oxygen atoms in total. The van der Waals surface area contributed by atoms with E-state index < -0.39 is 11.6 Å². The fraction of sp³-hybridized carbons (Fsp3) is 0.389. The third-order valence-corrected chi connectivity index (χ3v) is 5.31. The minimum atomic E-state index is -4.43. The van der Waals surface area contributed by atoms with Gasteiger partial charge in [-0.3, -0.25) is 0 Å². The minimum absolute atomic E-state index is 0.0227. The summed E-state index contributed by atoms with van der Waals surface area (Å²) in [6, 6.07) is 7.74. The largest absolute Gasteiger partial charge is 0.402 e. The van der Waals surface area contributed by atoms with E-state index in [1.54, 1.807) is 18.2 Å². The molecule has 6 heteroatoms. The molecule has 126 valence electrons. The third-order valence-electron chi connectivity index (χ3n) is 5.07. The van der Waals surface area contributed by atoms with Gasteiger partial charge in [-0.15, -0.1) is 0 Å². The highest BCUT2D eigenvalue weighted by Gasteiger charge is 2.60. The van der Waals surface area contributed by atoms with Crippen LogP contribution in [0.15, 0.2) is 36.5 Å². The van der Waals surface area contributed by atoms with E-state index in [2.05, 4.69) is 10.3 Å². The van der Waals surface area contributed by atoms with Crippen LogP contribution >= 0.6 is 11.6 Å². The van der Waals surface area contributed by atoms with Crippen LogP contribution in [-0.4, -0.2) is 11.2 Å². The lowest BCUT2D eigenvalue weighted by Gasteiger charge is -2.42. The monoisotopic (exact) mass is 352 g/mol. The number of pyridine rings is 1. The summed E-state index contributed by atoms with van der Waals surface area (Å²) >= 11 is 6.05. The first kappa shape index (κ1) is 15.8. The number of nitrogens with zero attached hydrogens (tertiary/aromatic N) is 1. The van der Waals surface area contributed by atoms with Crippen molar-refractivity contribution in [3.8, 4) is 0 Å². The van der Waals surface area contributed by atoms with E-state index >= 15 is 0 Å². The van der Waals surface area contributed by atoms with Crippen molar-refractivity contribution in [2.45, 2.75) is 37.3 Å². The third kappa shape index (κ3) is 2.37. The molecule has 2 aliphatic rings. The quantitative estimate of drug-likeness (QED) is 0.751. The van der Waals surface area contributed by atoms with Crippen LogP contribution in [0.1, 0.15) is 36.8 Å². The number of benzene rings is 1. The minimum Gasteiger partial charge on any atom is -0.340 e. The van der Waals surface area contributed by atoms with E-state index in [0.29, 0.717) is 23.0 Å². The van der Waals surface area contributed by atoms with Gasteiger partial charge in [-0.2, -0.15) is 13.2 Å². The lowest BCUT2D eigenvalue weighted by molar-refractivity contribution is -0.180. The Morgan fingerprint density at radius 1 is 1.21 bits per heavy atom. The molecular formula is C18H16ClF3N2. The summed E-state index contributed by atoms with van der Waals surface area (Å²) < 4.78 is 43.4. The summed E-state index contributed by atoms with van der Waals surface area (Å²) in [5.41, 5.74) is -1.25. The fourth-order valence-corrected chi connectivity index (χ4v) is 3.82. The average Bonchev–Trinajstić information content (AvgIpc) is 3.35. The van der Waals surface area contributed by atoms with Crippen molar-refractivity contribution >= 4 is 23.1 Å². The molecule has 0 unspecified atom stereocenters. The molecule has 1 atom stereocenters. The molecule has 1 aromatic carbocycles. The highest BCUT2D eigenvalue weighted by molar-refractivity contribution is 6.30.